The van der Waals surface area contributed by atoms with Crippen LogP contribution in [0.25, 0.3) is 0 Å². The topological polar surface area (TPSA) is 72.2 Å². The smallest absolute Gasteiger partial charge is 0.154 e. The van der Waals surface area contributed by atoms with Crippen LogP contribution in [0.1, 0.15) is 24.8 Å². The Morgan fingerprint density at radius 3 is 2.70 bits per heavy atom. The minimum absolute atomic E-state index is 0.240. The van der Waals surface area contributed by atoms with Crippen molar-refractivity contribution in [2.24, 2.45) is 5.84 Å². The first-order chi connectivity index (χ1) is 9.44. The Labute approximate surface area is 129 Å². The van der Waals surface area contributed by atoms with E-state index in [1.807, 2.05) is 6.07 Å². The van der Waals surface area contributed by atoms with Gasteiger partial charge in [0.1, 0.15) is 0 Å². The maximum Gasteiger partial charge on any atom is 0.154 e. The van der Waals surface area contributed by atoms with Gasteiger partial charge in [-0.25, -0.2) is 8.42 Å². The average molecular weight is 337 g/mol. The van der Waals surface area contributed by atoms with E-state index in [-0.39, 0.29) is 11.8 Å². The van der Waals surface area contributed by atoms with Crippen molar-refractivity contribution in [1.29, 1.82) is 0 Å². The summed E-state index contributed by atoms with van der Waals surface area (Å²) in [4.78, 5) is 0. The Bertz CT molecular complexity index is 578. The van der Waals surface area contributed by atoms with Crippen molar-refractivity contribution in [3.05, 3.63) is 33.8 Å². The molecule has 20 heavy (non-hydrogen) atoms. The molecule has 2 unspecified atom stereocenters. The first-order valence-corrected chi connectivity index (χ1v) is 9.03. The molecule has 1 aromatic carbocycles. The van der Waals surface area contributed by atoms with Crippen LogP contribution in [0.4, 0.5) is 0 Å². The molecule has 0 spiro atoms. The van der Waals surface area contributed by atoms with Crippen molar-refractivity contribution in [2.75, 3.05) is 5.75 Å². The third-order valence-electron chi connectivity index (χ3n) is 3.75. The lowest BCUT2D eigenvalue weighted by molar-refractivity contribution is 0.440. The minimum Gasteiger partial charge on any atom is -0.271 e. The standard InChI is InChI=1S/C13H18Cl2N2O2S/c14-10-5-4-9(11(15)8-10)7-12(17-16)13-3-1-2-6-20(13,18)19/h4-5,8,12-13,17H,1-3,6-7,16H2. The van der Waals surface area contributed by atoms with Gasteiger partial charge in [-0.05, 0) is 37.0 Å². The maximum absolute atomic E-state index is 12.2. The highest BCUT2D eigenvalue weighted by Gasteiger charge is 2.35. The van der Waals surface area contributed by atoms with Crippen molar-refractivity contribution >= 4 is 33.0 Å². The third-order valence-corrected chi connectivity index (χ3v) is 6.68. The molecule has 7 heteroatoms. The molecule has 1 fully saturated rings. The summed E-state index contributed by atoms with van der Waals surface area (Å²) in [5, 5.41) is 0.639. The second kappa shape index (κ2) is 6.62. The normalized spacial score (nSPS) is 23.4. The minimum atomic E-state index is -3.09. The van der Waals surface area contributed by atoms with E-state index in [1.165, 1.54) is 0 Å². The van der Waals surface area contributed by atoms with Gasteiger partial charge in [-0.2, -0.15) is 0 Å². The van der Waals surface area contributed by atoms with Crippen molar-refractivity contribution in [2.45, 2.75) is 37.0 Å². The molecule has 1 saturated heterocycles. The first kappa shape index (κ1) is 16.0. The zero-order valence-corrected chi connectivity index (χ0v) is 13.3. The van der Waals surface area contributed by atoms with Crippen LogP contribution in [-0.4, -0.2) is 25.5 Å². The number of nitrogens with one attached hydrogen (secondary N) is 1. The SMILES string of the molecule is NNC(Cc1ccc(Cl)cc1Cl)C1CCCCS1(=O)=O. The van der Waals surface area contributed by atoms with Crippen molar-refractivity contribution in [1.82, 2.24) is 5.43 Å². The number of hydrogen-bond acceptors (Lipinski definition) is 4. The van der Waals surface area contributed by atoms with Gasteiger partial charge >= 0.3 is 0 Å². The number of rotatable bonds is 4. The molecule has 1 heterocycles. The van der Waals surface area contributed by atoms with E-state index in [1.54, 1.807) is 12.1 Å². The molecule has 0 saturated carbocycles. The van der Waals surface area contributed by atoms with Gasteiger partial charge < -0.3 is 0 Å². The van der Waals surface area contributed by atoms with Crippen LogP contribution in [0.2, 0.25) is 10.0 Å². The molecule has 112 valence electrons. The largest absolute Gasteiger partial charge is 0.271 e. The summed E-state index contributed by atoms with van der Waals surface area (Å²) in [5.41, 5.74) is 3.49. The lowest BCUT2D eigenvalue weighted by Gasteiger charge is -2.29. The Morgan fingerprint density at radius 1 is 1.35 bits per heavy atom. The highest BCUT2D eigenvalue weighted by Crippen LogP contribution is 2.27. The van der Waals surface area contributed by atoms with Crippen molar-refractivity contribution in [3.63, 3.8) is 0 Å². The Hall–Kier alpha value is -0.330. The van der Waals surface area contributed by atoms with Gasteiger partial charge in [0.05, 0.1) is 11.0 Å². The highest BCUT2D eigenvalue weighted by atomic mass is 35.5. The van der Waals surface area contributed by atoms with Crippen LogP contribution in [-0.2, 0) is 16.3 Å². The summed E-state index contributed by atoms with van der Waals surface area (Å²) in [6.07, 6.45) is 2.76. The summed E-state index contributed by atoms with van der Waals surface area (Å²) in [7, 11) is -3.09. The second-order valence-electron chi connectivity index (χ2n) is 5.11. The predicted molar refractivity (Wildman–Crippen MR) is 82.7 cm³/mol. The molecule has 1 aromatic rings. The van der Waals surface area contributed by atoms with E-state index >= 15 is 0 Å². The van der Waals surface area contributed by atoms with Crippen molar-refractivity contribution < 1.29 is 8.42 Å². The summed E-state index contributed by atoms with van der Waals surface area (Å²) < 4.78 is 24.3. The van der Waals surface area contributed by atoms with E-state index in [9.17, 15) is 8.42 Å². The van der Waals surface area contributed by atoms with Crippen LogP contribution in [0.3, 0.4) is 0 Å². The van der Waals surface area contributed by atoms with Gasteiger partial charge in [0.2, 0.25) is 0 Å². The second-order valence-corrected chi connectivity index (χ2v) is 8.30. The molecule has 2 atom stereocenters. The van der Waals surface area contributed by atoms with E-state index in [0.29, 0.717) is 22.9 Å². The first-order valence-electron chi connectivity index (χ1n) is 6.55. The monoisotopic (exact) mass is 336 g/mol. The lowest BCUT2D eigenvalue weighted by atomic mass is 10.00. The zero-order chi connectivity index (χ0) is 14.8. The fourth-order valence-electron chi connectivity index (χ4n) is 2.65. The fraction of sp³-hybridized carbons (Fsp3) is 0.538. The molecular weight excluding hydrogens is 319 g/mol. The number of hydrazine groups is 1. The average Bonchev–Trinajstić information content (AvgIpc) is 2.38. The molecular formula is C13H18Cl2N2O2S. The van der Waals surface area contributed by atoms with Gasteiger partial charge in [0.25, 0.3) is 0 Å². The Balaban J connectivity index is 2.20. The summed E-state index contributed by atoms with van der Waals surface area (Å²) in [6, 6.07) is 4.87. The van der Waals surface area contributed by atoms with E-state index in [0.717, 1.165) is 18.4 Å². The van der Waals surface area contributed by atoms with Gasteiger partial charge in [0, 0.05) is 16.1 Å². The number of hydrogen-bond donors (Lipinski definition) is 2. The van der Waals surface area contributed by atoms with E-state index < -0.39 is 15.1 Å². The van der Waals surface area contributed by atoms with Crippen LogP contribution in [0.5, 0.6) is 0 Å². The Kier molecular flexibility index (Phi) is 5.31. The van der Waals surface area contributed by atoms with Crippen LogP contribution in [0, 0.1) is 0 Å². The molecule has 4 nitrogen and oxygen atoms in total. The predicted octanol–water partition coefficient (Wildman–Crippen LogP) is 2.34. The number of halogens is 2. The number of nitrogens with two attached hydrogens (primary N) is 1. The zero-order valence-electron chi connectivity index (χ0n) is 11.0. The van der Waals surface area contributed by atoms with E-state index in [4.69, 9.17) is 29.0 Å². The molecule has 3 N–H and O–H groups in total. The summed E-state index contributed by atoms with van der Waals surface area (Å²) in [6.45, 7) is 0. The van der Waals surface area contributed by atoms with Crippen LogP contribution >= 0.6 is 23.2 Å². The molecule has 0 aromatic heterocycles. The molecule has 0 amide bonds. The molecule has 1 aliphatic rings. The third kappa shape index (κ3) is 3.65. The molecule has 1 aliphatic heterocycles. The van der Waals surface area contributed by atoms with Gasteiger partial charge in [-0.1, -0.05) is 35.7 Å². The quantitative estimate of drug-likeness (QED) is 0.653. The van der Waals surface area contributed by atoms with E-state index in [2.05, 4.69) is 5.43 Å². The molecule has 0 bridgehead atoms. The summed E-state index contributed by atoms with van der Waals surface area (Å²) in [5.74, 6) is 5.81. The lowest BCUT2D eigenvalue weighted by Crippen LogP contribution is -2.50. The van der Waals surface area contributed by atoms with Gasteiger partial charge in [-0.3, -0.25) is 11.3 Å². The summed E-state index contributed by atoms with van der Waals surface area (Å²) >= 11 is 12.0. The molecule has 0 radical (unpaired) electrons. The number of sulfone groups is 1. The highest BCUT2D eigenvalue weighted by molar-refractivity contribution is 7.92. The van der Waals surface area contributed by atoms with Crippen LogP contribution in [0.15, 0.2) is 18.2 Å². The number of benzene rings is 1. The Morgan fingerprint density at radius 2 is 2.10 bits per heavy atom. The molecule has 2 rings (SSSR count). The molecule has 0 aliphatic carbocycles. The van der Waals surface area contributed by atoms with Crippen molar-refractivity contribution in [3.8, 4) is 0 Å². The maximum atomic E-state index is 12.2. The van der Waals surface area contributed by atoms with Gasteiger partial charge in [-0.15, -0.1) is 0 Å². The van der Waals surface area contributed by atoms with Crippen LogP contribution < -0.4 is 11.3 Å². The van der Waals surface area contributed by atoms with Gasteiger partial charge in [0.15, 0.2) is 9.84 Å². The fourth-order valence-corrected chi connectivity index (χ4v) is 5.25.